The number of nitrogens with zero attached hydrogens (tertiary/aromatic N) is 1. The van der Waals surface area contributed by atoms with Crippen molar-refractivity contribution in [3.8, 4) is 0 Å². The lowest BCUT2D eigenvalue weighted by Gasteiger charge is -2.01. The maximum atomic E-state index is 11.5. The van der Waals surface area contributed by atoms with Crippen molar-refractivity contribution in [2.45, 2.75) is 17.8 Å². The number of H-pyrrole nitrogens is 1. The van der Waals surface area contributed by atoms with Crippen LogP contribution in [0, 0.1) is 0 Å². The third kappa shape index (κ3) is 3.91. The second-order valence-corrected chi connectivity index (χ2v) is 5.64. The Hall–Kier alpha value is -1.17. The van der Waals surface area contributed by atoms with Crippen molar-refractivity contribution in [1.29, 1.82) is 0 Å². The third-order valence-corrected chi connectivity index (χ3v) is 4.11. The number of hydrogen-bond donors (Lipinski definition) is 1. The third-order valence-electron chi connectivity index (χ3n) is 2.41. The first-order valence-corrected chi connectivity index (χ1v) is 7.63. The second-order valence-electron chi connectivity index (χ2n) is 3.86. The number of hydrogen-bond acceptors (Lipinski definition) is 4. The number of carbonyl (C=O) groups excluding carboxylic acids is 1. The molecule has 0 aliphatic rings. The van der Waals surface area contributed by atoms with Crippen LogP contribution in [0.1, 0.15) is 23.0 Å². The first kappa shape index (κ1) is 15.2. The molecular weight excluding hydrogens is 319 g/mol. The molecular formula is C13H12Cl2N2O2S. The minimum absolute atomic E-state index is 0.337. The van der Waals surface area contributed by atoms with Gasteiger partial charge in [0.2, 0.25) is 0 Å². The van der Waals surface area contributed by atoms with E-state index in [1.165, 1.54) is 18.0 Å². The smallest absolute Gasteiger partial charge is 0.356 e. The Balaban J connectivity index is 1.97. The van der Waals surface area contributed by atoms with Gasteiger partial charge in [-0.05, 0) is 24.6 Å². The predicted molar refractivity (Wildman–Crippen MR) is 80.6 cm³/mol. The van der Waals surface area contributed by atoms with E-state index in [-0.39, 0.29) is 0 Å². The van der Waals surface area contributed by atoms with Crippen molar-refractivity contribution < 1.29 is 9.53 Å². The van der Waals surface area contributed by atoms with E-state index in [4.69, 9.17) is 27.9 Å². The molecule has 106 valence electrons. The Bertz CT molecular complexity index is 616. The number of thioether (sulfide) groups is 1. The molecule has 1 aromatic heterocycles. The van der Waals surface area contributed by atoms with Crippen LogP contribution in [0.2, 0.25) is 10.0 Å². The van der Waals surface area contributed by atoms with Crippen LogP contribution >= 0.6 is 35.0 Å². The molecule has 2 rings (SSSR count). The van der Waals surface area contributed by atoms with Crippen LogP contribution in [-0.4, -0.2) is 22.5 Å². The van der Waals surface area contributed by atoms with Crippen LogP contribution in [0.4, 0.5) is 0 Å². The van der Waals surface area contributed by atoms with Crippen molar-refractivity contribution in [2.75, 3.05) is 6.61 Å². The molecule has 0 amide bonds. The number of esters is 1. The number of aromatic nitrogens is 2. The Morgan fingerprint density at radius 3 is 2.90 bits per heavy atom. The average molecular weight is 331 g/mol. The predicted octanol–water partition coefficient (Wildman–Crippen LogP) is 4.19. The summed E-state index contributed by atoms with van der Waals surface area (Å²) in [6.07, 6.45) is 1.47. The van der Waals surface area contributed by atoms with Gasteiger partial charge in [0, 0.05) is 5.75 Å². The maximum absolute atomic E-state index is 11.5. The molecule has 0 radical (unpaired) electrons. The largest absolute Gasteiger partial charge is 0.461 e. The summed E-state index contributed by atoms with van der Waals surface area (Å²) in [7, 11) is 0. The molecule has 0 bridgehead atoms. The van der Waals surface area contributed by atoms with Gasteiger partial charge in [-0.15, -0.1) is 0 Å². The molecule has 0 atom stereocenters. The van der Waals surface area contributed by atoms with E-state index in [9.17, 15) is 4.79 Å². The number of imidazole rings is 1. The minimum Gasteiger partial charge on any atom is -0.461 e. The highest BCUT2D eigenvalue weighted by atomic mass is 35.5. The second kappa shape index (κ2) is 7.02. The first-order valence-electron chi connectivity index (χ1n) is 5.89. The summed E-state index contributed by atoms with van der Waals surface area (Å²) in [5.74, 6) is 0.272. The lowest BCUT2D eigenvalue weighted by molar-refractivity contribution is 0.0519. The summed E-state index contributed by atoms with van der Waals surface area (Å²) in [5.41, 5.74) is 1.38. The number of rotatable bonds is 5. The molecule has 1 aromatic carbocycles. The van der Waals surface area contributed by atoms with Crippen molar-refractivity contribution in [2.24, 2.45) is 0 Å². The van der Waals surface area contributed by atoms with Gasteiger partial charge >= 0.3 is 5.97 Å². The standard InChI is InChI=1S/C13H12Cl2N2O2S/c1-2-19-12(18)11-6-16-13(17-11)20-7-8-3-4-9(14)10(15)5-8/h3-6H,2,7H2,1H3,(H,16,17). The van der Waals surface area contributed by atoms with E-state index < -0.39 is 5.97 Å². The van der Waals surface area contributed by atoms with Gasteiger partial charge < -0.3 is 9.72 Å². The quantitative estimate of drug-likeness (QED) is 0.659. The summed E-state index contributed by atoms with van der Waals surface area (Å²) >= 11 is 13.3. The average Bonchev–Trinajstić information content (AvgIpc) is 2.89. The van der Waals surface area contributed by atoms with Crippen molar-refractivity contribution in [3.05, 3.63) is 45.7 Å². The van der Waals surface area contributed by atoms with Crippen molar-refractivity contribution in [3.63, 3.8) is 0 Å². The van der Waals surface area contributed by atoms with E-state index in [0.29, 0.717) is 33.3 Å². The summed E-state index contributed by atoms with van der Waals surface area (Å²) < 4.78 is 4.88. The monoisotopic (exact) mass is 330 g/mol. The molecule has 20 heavy (non-hydrogen) atoms. The van der Waals surface area contributed by atoms with Crippen LogP contribution < -0.4 is 0 Å². The van der Waals surface area contributed by atoms with Gasteiger partial charge in [-0.3, -0.25) is 0 Å². The minimum atomic E-state index is -0.401. The topological polar surface area (TPSA) is 55.0 Å². The van der Waals surface area contributed by atoms with E-state index in [1.807, 2.05) is 12.1 Å². The van der Waals surface area contributed by atoms with E-state index in [2.05, 4.69) is 9.97 Å². The molecule has 0 aliphatic carbocycles. The molecule has 7 heteroatoms. The van der Waals surface area contributed by atoms with Gasteiger partial charge in [0.25, 0.3) is 0 Å². The molecule has 0 aliphatic heterocycles. The van der Waals surface area contributed by atoms with Gasteiger partial charge in [-0.25, -0.2) is 9.78 Å². The van der Waals surface area contributed by atoms with Crippen molar-refractivity contribution in [1.82, 2.24) is 9.97 Å². The lowest BCUT2D eigenvalue weighted by atomic mass is 10.2. The Kier molecular flexibility index (Phi) is 5.34. The number of nitrogens with one attached hydrogen (secondary N) is 1. The van der Waals surface area contributed by atoms with E-state index >= 15 is 0 Å². The molecule has 0 unspecified atom stereocenters. The molecule has 0 spiro atoms. The molecule has 0 saturated heterocycles. The molecule has 0 fully saturated rings. The van der Waals surface area contributed by atoms with Gasteiger partial charge in [0.05, 0.1) is 22.8 Å². The fraction of sp³-hybridized carbons (Fsp3) is 0.231. The van der Waals surface area contributed by atoms with Gasteiger partial charge in [0.15, 0.2) is 5.16 Å². The van der Waals surface area contributed by atoms with Crippen LogP contribution in [0.15, 0.2) is 29.6 Å². The summed E-state index contributed by atoms with van der Waals surface area (Å²) in [4.78, 5) is 18.5. The van der Waals surface area contributed by atoms with Crippen LogP contribution in [-0.2, 0) is 10.5 Å². The highest BCUT2D eigenvalue weighted by Gasteiger charge is 2.10. The molecule has 1 heterocycles. The van der Waals surface area contributed by atoms with Crippen LogP contribution in [0.3, 0.4) is 0 Å². The molecule has 2 aromatic rings. The van der Waals surface area contributed by atoms with Gasteiger partial charge in [-0.1, -0.05) is 41.0 Å². The number of benzene rings is 1. The van der Waals surface area contributed by atoms with E-state index in [0.717, 1.165) is 5.56 Å². The summed E-state index contributed by atoms with van der Waals surface area (Å²) in [6, 6.07) is 5.47. The highest BCUT2D eigenvalue weighted by Crippen LogP contribution is 2.26. The SMILES string of the molecule is CCOC(=O)c1cnc(SCc2ccc(Cl)c(Cl)c2)[nH]1. The van der Waals surface area contributed by atoms with Crippen LogP contribution in [0.5, 0.6) is 0 Å². The van der Waals surface area contributed by atoms with Crippen LogP contribution in [0.25, 0.3) is 0 Å². The number of carbonyl (C=O) groups is 1. The summed E-state index contributed by atoms with van der Waals surface area (Å²) in [6.45, 7) is 2.10. The van der Waals surface area contributed by atoms with E-state index in [1.54, 1.807) is 13.0 Å². The highest BCUT2D eigenvalue weighted by molar-refractivity contribution is 7.98. The first-order chi connectivity index (χ1) is 9.60. The Morgan fingerprint density at radius 1 is 1.40 bits per heavy atom. The fourth-order valence-corrected chi connectivity index (χ4v) is 2.58. The number of halogens is 2. The zero-order valence-electron chi connectivity index (χ0n) is 10.7. The normalized spacial score (nSPS) is 10.6. The molecule has 4 nitrogen and oxygen atoms in total. The number of aromatic amines is 1. The lowest BCUT2D eigenvalue weighted by Crippen LogP contribution is -2.04. The maximum Gasteiger partial charge on any atom is 0.356 e. The zero-order chi connectivity index (χ0) is 14.5. The molecule has 0 saturated carbocycles. The van der Waals surface area contributed by atoms with Gasteiger partial charge in [0.1, 0.15) is 5.69 Å². The fourth-order valence-electron chi connectivity index (χ4n) is 1.47. The van der Waals surface area contributed by atoms with Gasteiger partial charge in [-0.2, -0.15) is 0 Å². The Labute approximate surface area is 130 Å². The Morgan fingerprint density at radius 2 is 2.20 bits per heavy atom. The summed E-state index contributed by atoms with van der Waals surface area (Å²) in [5, 5.41) is 1.71. The molecule has 1 N–H and O–H groups in total. The van der Waals surface area contributed by atoms with Crippen molar-refractivity contribution >= 4 is 40.9 Å². The number of ether oxygens (including phenoxy) is 1. The zero-order valence-corrected chi connectivity index (χ0v) is 13.0.